The number of aromatic amines is 1. The van der Waals surface area contributed by atoms with E-state index in [-0.39, 0.29) is 5.91 Å². The van der Waals surface area contributed by atoms with Crippen molar-refractivity contribution in [3.05, 3.63) is 65.7 Å². The summed E-state index contributed by atoms with van der Waals surface area (Å²) in [4.78, 5) is 17.1. The molecule has 0 aliphatic heterocycles. The lowest BCUT2D eigenvalue weighted by Gasteiger charge is -2.06. The minimum atomic E-state index is -0.186. The van der Waals surface area contributed by atoms with E-state index in [9.17, 15) is 4.79 Å². The van der Waals surface area contributed by atoms with Gasteiger partial charge in [-0.3, -0.25) is 9.89 Å². The lowest BCUT2D eigenvalue weighted by atomic mass is 10.1. The van der Waals surface area contributed by atoms with Crippen molar-refractivity contribution in [3.8, 4) is 11.3 Å². The summed E-state index contributed by atoms with van der Waals surface area (Å²) >= 11 is 0. The van der Waals surface area contributed by atoms with E-state index < -0.39 is 0 Å². The number of hydrogen-bond donors (Lipinski definition) is 2. The van der Waals surface area contributed by atoms with Crippen LogP contribution in [0.25, 0.3) is 16.9 Å². The maximum absolute atomic E-state index is 12.6. The van der Waals surface area contributed by atoms with Crippen LogP contribution in [-0.2, 0) is 0 Å². The van der Waals surface area contributed by atoms with Crippen LogP contribution >= 0.6 is 0 Å². The highest BCUT2D eigenvalue weighted by atomic mass is 16.1. The summed E-state index contributed by atoms with van der Waals surface area (Å²) < 4.78 is 1.91. The van der Waals surface area contributed by atoms with Crippen LogP contribution in [0.5, 0.6) is 0 Å². The van der Waals surface area contributed by atoms with E-state index in [4.69, 9.17) is 0 Å². The van der Waals surface area contributed by atoms with E-state index in [1.165, 1.54) is 0 Å². The first-order valence-electron chi connectivity index (χ1n) is 7.85. The van der Waals surface area contributed by atoms with E-state index in [1.807, 2.05) is 54.8 Å². The molecule has 4 aromatic rings. The van der Waals surface area contributed by atoms with Gasteiger partial charge in [-0.25, -0.2) is 4.98 Å². The molecule has 4 rings (SSSR count). The Hall–Kier alpha value is -3.48. The number of nitrogens with one attached hydrogen (secondary N) is 2. The second kappa shape index (κ2) is 5.86. The lowest BCUT2D eigenvalue weighted by Crippen LogP contribution is -2.12. The van der Waals surface area contributed by atoms with Gasteiger partial charge in [-0.1, -0.05) is 17.3 Å². The molecule has 3 heterocycles. The summed E-state index contributed by atoms with van der Waals surface area (Å²) in [5.74, 6) is -0.186. The molecule has 0 spiro atoms. The maximum Gasteiger partial charge on any atom is 0.259 e. The Labute approximate surface area is 143 Å². The fourth-order valence-electron chi connectivity index (χ4n) is 2.84. The van der Waals surface area contributed by atoms with Gasteiger partial charge < -0.3 is 9.72 Å². The standard InChI is InChI=1S/C18H16N6O/c1-11-9-12(2)24-8-7-15(17(24)20-11)18(25)21-14-5-3-13(4-6-14)16-10-19-23-22-16/h3-10H,1-2H3,(H,21,25)(H,19,22,23). The molecule has 0 unspecified atom stereocenters. The number of H-pyrrole nitrogens is 1. The molecule has 0 bridgehead atoms. The Kier molecular flexibility index (Phi) is 3.53. The summed E-state index contributed by atoms with van der Waals surface area (Å²) in [6, 6.07) is 11.2. The summed E-state index contributed by atoms with van der Waals surface area (Å²) in [7, 11) is 0. The van der Waals surface area contributed by atoms with Crippen molar-refractivity contribution < 1.29 is 4.79 Å². The first kappa shape index (κ1) is 15.1. The van der Waals surface area contributed by atoms with Crippen LogP contribution in [0.4, 0.5) is 5.69 Å². The first-order valence-corrected chi connectivity index (χ1v) is 7.85. The van der Waals surface area contributed by atoms with Crippen LogP contribution in [0, 0.1) is 13.8 Å². The quantitative estimate of drug-likeness (QED) is 0.604. The Morgan fingerprint density at radius 2 is 1.96 bits per heavy atom. The first-order chi connectivity index (χ1) is 12.1. The zero-order valence-corrected chi connectivity index (χ0v) is 13.8. The predicted octanol–water partition coefficient (Wildman–Crippen LogP) is 2.99. The van der Waals surface area contributed by atoms with E-state index >= 15 is 0 Å². The molecule has 0 radical (unpaired) electrons. The number of carbonyl (C=O) groups is 1. The fraction of sp³-hybridized carbons (Fsp3) is 0.111. The molecule has 7 heteroatoms. The van der Waals surface area contributed by atoms with Crippen LogP contribution < -0.4 is 5.32 Å². The number of aromatic nitrogens is 5. The van der Waals surface area contributed by atoms with Gasteiger partial charge in [0.1, 0.15) is 11.3 Å². The van der Waals surface area contributed by atoms with Crippen LogP contribution in [0.15, 0.2) is 48.8 Å². The molecule has 0 saturated carbocycles. The van der Waals surface area contributed by atoms with Crippen molar-refractivity contribution in [1.29, 1.82) is 0 Å². The molecule has 0 saturated heterocycles. The highest BCUT2D eigenvalue weighted by Crippen LogP contribution is 2.20. The third kappa shape index (κ3) is 2.76. The molecule has 2 N–H and O–H groups in total. The van der Waals surface area contributed by atoms with Crippen LogP contribution in [-0.4, -0.2) is 30.7 Å². The molecule has 1 amide bonds. The number of benzene rings is 1. The fourth-order valence-corrected chi connectivity index (χ4v) is 2.84. The van der Waals surface area contributed by atoms with Gasteiger partial charge in [0.2, 0.25) is 0 Å². The van der Waals surface area contributed by atoms with Crippen molar-refractivity contribution in [1.82, 2.24) is 24.8 Å². The van der Waals surface area contributed by atoms with E-state index in [0.29, 0.717) is 16.9 Å². The molecule has 0 atom stereocenters. The van der Waals surface area contributed by atoms with Crippen LogP contribution in [0.1, 0.15) is 21.7 Å². The van der Waals surface area contributed by atoms with Gasteiger partial charge in [0.05, 0.1) is 5.56 Å². The maximum atomic E-state index is 12.6. The number of aryl methyl sites for hydroxylation is 2. The van der Waals surface area contributed by atoms with Gasteiger partial charge in [-0.15, -0.1) is 5.10 Å². The molecular weight excluding hydrogens is 316 g/mol. The molecule has 25 heavy (non-hydrogen) atoms. The number of rotatable bonds is 3. The highest BCUT2D eigenvalue weighted by molar-refractivity contribution is 6.08. The Bertz CT molecular complexity index is 1050. The molecule has 7 nitrogen and oxygen atoms in total. The molecule has 124 valence electrons. The van der Waals surface area contributed by atoms with E-state index in [2.05, 4.69) is 25.7 Å². The Morgan fingerprint density at radius 3 is 2.68 bits per heavy atom. The number of amides is 1. The lowest BCUT2D eigenvalue weighted by molar-refractivity contribution is 0.102. The summed E-state index contributed by atoms with van der Waals surface area (Å²) in [5.41, 5.74) is 5.52. The van der Waals surface area contributed by atoms with Crippen LogP contribution in [0.3, 0.4) is 0 Å². The number of fused-ring (bicyclic) bond motifs is 1. The molecule has 0 aliphatic carbocycles. The number of carbonyl (C=O) groups excluding carboxylic acids is 1. The minimum Gasteiger partial charge on any atom is -0.322 e. The monoisotopic (exact) mass is 332 g/mol. The topological polar surface area (TPSA) is 88.0 Å². The van der Waals surface area contributed by atoms with Crippen molar-refractivity contribution >= 4 is 17.2 Å². The van der Waals surface area contributed by atoms with Gasteiger partial charge in [-0.05, 0) is 38.1 Å². The van der Waals surface area contributed by atoms with Gasteiger partial charge in [0, 0.05) is 35.0 Å². The van der Waals surface area contributed by atoms with Crippen molar-refractivity contribution in [2.24, 2.45) is 0 Å². The van der Waals surface area contributed by atoms with Gasteiger partial charge in [0.15, 0.2) is 0 Å². The van der Waals surface area contributed by atoms with Crippen molar-refractivity contribution in [2.45, 2.75) is 13.8 Å². The molecule has 0 fully saturated rings. The minimum absolute atomic E-state index is 0.186. The molecular formula is C18H16N6O. The predicted molar refractivity (Wildman–Crippen MR) is 94.4 cm³/mol. The number of nitrogens with zero attached hydrogens (tertiary/aromatic N) is 4. The molecule has 3 aromatic heterocycles. The summed E-state index contributed by atoms with van der Waals surface area (Å²) in [6.07, 6.45) is 3.58. The van der Waals surface area contributed by atoms with Gasteiger partial charge >= 0.3 is 0 Å². The second-order valence-corrected chi connectivity index (χ2v) is 5.85. The summed E-state index contributed by atoms with van der Waals surface area (Å²) in [5, 5.41) is 13.2. The largest absolute Gasteiger partial charge is 0.322 e. The Balaban J connectivity index is 1.60. The zero-order valence-electron chi connectivity index (χ0n) is 13.8. The molecule has 1 aromatic carbocycles. The SMILES string of the molecule is Cc1cc(C)n2ccc(C(=O)Nc3ccc(-c4c[nH]nn4)cc3)c2n1. The smallest absolute Gasteiger partial charge is 0.259 e. The van der Waals surface area contributed by atoms with Crippen molar-refractivity contribution in [3.63, 3.8) is 0 Å². The third-order valence-corrected chi connectivity index (χ3v) is 4.04. The third-order valence-electron chi connectivity index (χ3n) is 4.04. The van der Waals surface area contributed by atoms with E-state index in [0.717, 1.165) is 22.6 Å². The zero-order chi connectivity index (χ0) is 17.4. The van der Waals surface area contributed by atoms with Gasteiger partial charge in [-0.2, -0.15) is 0 Å². The van der Waals surface area contributed by atoms with E-state index in [1.54, 1.807) is 12.3 Å². The number of hydrogen-bond acceptors (Lipinski definition) is 4. The normalized spacial score (nSPS) is 11.0. The number of anilines is 1. The Morgan fingerprint density at radius 1 is 1.16 bits per heavy atom. The molecule has 0 aliphatic rings. The average molecular weight is 332 g/mol. The van der Waals surface area contributed by atoms with Crippen molar-refractivity contribution in [2.75, 3.05) is 5.32 Å². The average Bonchev–Trinajstić information content (AvgIpc) is 3.25. The second-order valence-electron chi connectivity index (χ2n) is 5.85. The van der Waals surface area contributed by atoms with Gasteiger partial charge in [0.25, 0.3) is 5.91 Å². The highest BCUT2D eigenvalue weighted by Gasteiger charge is 2.14. The van der Waals surface area contributed by atoms with Crippen LogP contribution in [0.2, 0.25) is 0 Å². The summed E-state index contributed by atoms with van der Waals surface area (Å²) in [6.45, 7) is 3.91.